The van der Waals surface area contributed by atoms with Crippen LogP contribution in [0.3, 0.4) is 0 Å². The molecule has 3 N–H and O–H groups in total. The Hall–Kier alpha value is -3.54. The number of urea groups is 1. The summed E-state index contributed by atoms with van der Waals surface area (Å²) in [6.45, 7) is 1.20. The molecule has 2 heterocycles. The molecule has 0 radical (unpaired) electrons. The third-order valence-electron chi connectivity index (χ3n) is 6.72. The number of amides is 2. The minimum atomic E-state index is -1.03. The molecule has 3 aromatic rings. The van der Waals surface area contributed by atoms with Crippen molar-refractivity contribution in [2.45, 2.75) is 30.7 Å². The van der Waals surface area contributed by atoms with Crippen LogP contribution in [-0.2, 0) is 16.6 Å². The first kappa shape index (κ1) is 19.4. The maximum Gasteiger partial charge on any atom is 0.326 e. The molecule has 0 bridgehead atoms. The minimum absolute atomic E-state index is 0.0103. The summed E-state index contributed by atoms with van der Waals surface area (Å²) >= 11 is 0. The van der Waals surface area contributed by atoms with Gasteiger partial charge in [-0.15, -0.1) is 0 Å². The maximum atomic E-state index is 12.9. The summed E-state index contributed by atoms with van der Waals surface area (Å²) in [5.41, 5.74) is 4.42. The van der Waals surface area contributed by atoms with Crippen molar-refractivity contribution in [2.24, 2.45) is 0 Å². The van der Waals surface area contributed by atoms with E-state index >= 15 is 0 Å². The highest BCUT2D eigenvalue weighted by atomic mass is 16.4. The molecule has 6 heteroatoms. The number of aromatic nitrogens is 1. The fourth-order valence-corrected chi connectivity index (χ4v) is 4.94. The number of rotatable bonds is 4. The van der Waals surface area contributed by atoms with Crippen LogP contribution in [0.5, 0.6) is 0 Å². The Morgan fingerprint density at radius 3 is 2.65 bits per heavy atom. The van der Waals surface area contributed by atoms with Gasteiger partial charge in [0.15, 0.2) is 0 Å². The zero-order valence-electron chi connectivity index (χ0n) is 17.2. The van der Waals surface area contributed by atoms with Gasteiger partial charge in [0.25, 0.3) is 0 Å². The van der Waals surface area contributed by atoms with E-state index in [1.54, 1.807) is 4.90 Å². The molecule has 6 nitrogen and oxygen atoms in total. The fraction of sp³-hybridized carbons (Fsp3) is 0.280. The second-order valence-corrected chi connectivity index (χ2v) is 8.47. The quantitative estimate of drug-likeness (QED) is 0.603. The molecule has 1 fully saturated rings. The summed E-state index contributed by atoms with van der Waals surface area (Å²) < 4.78 is 0. The van der Waals surface area contributed by atoms with Crippen LogP contribution in [0.2, 0.25) is 0 Å². The monoisotopic (exact) mass is 415 g/mol. The molecule has 5 rings (SSSR count). The number of aromatic amines is 1. The number of carbonyl (C=O) groups is 2. The second kappa shape index (κ2) is 7.61. The SMILES string of the molecule is O=C(O)[C@@H](Cc1c[nH]c2ccccc12)NC(=O)N1CCC2(C=Cc3ccccc32)CC1. The van der Waals surface area contributed by atoms with Gasteiger partial charge in [-0.3, -0.25) is 0 Å². The number of para-hydroxylation sites is 1. The standard InChI is InChI=1S/C25H25N3O3/c29-23(30)22(15-18-16-26-21-8-4-2-6-19(18)21)27-24(31)28-13-11-25(12-14-28)10-9-17-5-1-3-7-20(17)25/h1-10,16,22,26H,11-15H2,(H,27,31)(H,29,30)/t22-/m1/s1. The van der Waals surface area contributed by atoms with Gasteiger partial charge >= 0.3 is 12.0 Å². The molecule has 158 valence electrons. The van der Waals surface area contributed by atoms with Gasteiger partial charge in [0.1, 0.15) is 6.04 Å². The van der Waals surface area contributed by atoms with Crippen molar-refractivity contribution in [1.82, 2.24) is 15.2 Å². The fourth-order valence-electron chi connectivity index (χ4n) is 4.94. The van der Waals surface area contributed by atoms with Crippen molar-refractivity contribution in [3.63, 3.8) is 0 Å². The van der Waals surface area contributed by atoms with Gasteiger partial charge in [0.2, 0.25) is 0 Å². The Labute approximate surface area is 180 Å². The van der Waals surface area contributed by atoms with E-state index < -0.39 is 12.0 Å². The molecule has 1 saturated heterocycles. The number of allylic oxidation sites excluding steroid dienone is 1. The number of piperidine rings is 1. The lowest BCUT2D eigenvalue weighted by molar-refractivity contribution is -0.139. The number of hydrogen-bond donors (Lipinski definition) is 3. The summed E-state index contributed by atoms with van der Waals surface area (Å²) in [5.74, 6) is -1.03. The first-order valence-corrected chi connectivity index (χ1v) is 10.7. The Kier molecular flexibility index (Phi) is 4.77. The molecule has 1 aromatic heterocycles. The summed E-state index contributed by atoms with van der Waals surface area (Å²) in [5, 5.41) is 13.4. The van der Waals surface area contributed by atoms with Gasteiger partial charge in [-0.25, -0.2) is 9.59 Å². The highest BCUT2D eigenvalue weighted by molar-refractivity contribution is 5.86. The van der Waals surface area contributed by atoms with E-state index in [0.717, 1.165) is 29.3 Å². The van der Waals surface area contributed by atoms with Crippen molar-refractivity contribution in [2.75, 3.05) is 13.1 Å². The van der Waals surface area contributed by atoms with Gasteiger partial charge < -0.3 is 20.3 Å². The van der Waals surface area contributed by atoms with Crippen molar-refractivity contribution in [3.05, 3.63) is 77.5 Å². The predicted octanol–water partition coefficient (Wildman–Crippen LogP) is 3.93. The van der Waals surface area contributed by atoms with Crippen LogP contribution >= 0.6 is 0 Å². The average Bonchev–Trinajstić information content (AvgIpc) is 3.36. The summed E-state index contributed by atoms with van der Waals surface area (Å²) in [6, 6.07) is 14.9. The van der Waals surface area contributed by atoms with E-state index in [9.17, 15) is 14.7 Å². The Morgan fingerprint density at radius 2 is 1.84 bits per heavy atom. The minimum Gasteiger partial charge on any atom is -0.480 e. The van der Waals surface area contributed by atoms with Crippen molar-refractivity contribution in [3.8, 4) is 0 Å². The van der Waals surface area contributed by atoms with E-state index in [0.29, 0.717) is 13.1 Å². The number of benzene rings is 2. The first-order chi connectivity index (χ1) is 15.1. The number of carbonyl (C=O) groups excluding carboxylic acids is 1. The number of carboxylic acids is 1. The molecule has 0 unspecified atom stereocenters. The third-order valence-corrected chi connectivity index (χ3v) is 6.72. The largest absolute Gasteiger partial charge is 0.480 e. The molecule has 1 atom stereocenters. The van der Waals surface area contributed by atoms with Gasteiger partial charge in [-0.2, -0.15) is 0 Å². The van der Waals surface area contributed by atoms with Crippen LogP contribution in [0.4, 0.5) is 4.79 Å². The number of hydrogen-bond acceptors (Lipinski definition) is 2. The van der Waals surface area contributed by atoms with E-state index in [4.69, 9.17) is 0 Å². The van der Waals surface area contributed by atoms with Crippen molar-refractivity contribution < 1.29 is 14.7 Å². The molecule has 1 aliphatic heterocycles. The smallest absolute Gasteiger partial charge is 0.326 e. The summed E-state index contributed by atoms with van der Waals surface area (Å²) in [4.78, 5) is 29.7. The van der Waals surface area contributed by atoms with Crippen LogP contribution in [0, 0.1) is 0 Å². The first-order valence-electron chi connectivity index (χ1n) is 10.7. The van der Waals surface area contributed by atoms with E-state index in [1.165, 1.54) is 11.1 Å². The maximum absolute atomic E-state index is 12.9. The lowest BCUT2D eigenvalue weighted by Crippen LogP contribution is -2.52. The number of aliphatic carboxylic acids is 1. The molecule has 1 spiro atoms. The molecule has 31 heavy (non-hydrogen) atoms. The van der Waals surface area contributed by atoms with Crippen molar-refractivity contribution >= 4 is 29.0 Å². The van der Waals surface area contributed by atoms with Gasteiger partial charge in [0.05, 0.1) is 0 Å². The van der Waals surface area contributed by atoms with Crippen LogP contribution in [0.1, 0.15) is 29.5 Å². The highest BCUT2D eigenvalue weighted by Crippen LogP contribution is 2.43. The topological polar surface area (TPSA) is 85.4 Å². The number of H-pyrrole nitrogens is 1. The van der Waals surface area contributed by atoms with Gasteiger partial charge in [-0.05, 0) is 35.6 Å². The lowest BCUT2D eigenvalue weighted by atomic mass is 9.74. The Balaban J connectivity index is 1.25. The van der Waals surface area contributed by atoms with E-state index in [1.807, 2.05) is 36.5 Å². The number of nitrogens with one attached hydrogen (secondary N) is 2. The molecule has 2 aliphatic rings. The zero-order chi connectivity index (χ0) is 21.4. The Morgan fingerprint density at radius 1 is 1.10 bits per heavy atom. The molecular weight excluding hydrogens is 390 g/mol. The van der Waals surface area contributed by atoms with Crippen LogP contribution in [0.25, 0.3) is 17.0 Å². The second-order valence-electron chi connectivity index (χ2n) is 8.47. The van der Waals surface area contributed by atoms with Crippen LogP contribution < -0.4 is 5.32 Å². The summed E-state index contributed by atoms with van der Waals surface area (Å²) in [7, 11) is 0. The molecule has 2 aromatic carbocycles. The van der Waals surface area contributed by atoms with Gasteiger partial charge in [0, 0.05) is 42.0 Å². The predicted molar refractivity (Wildman–Crippen MR) is 120 cm³/mol. The molecule has 0 saturated carbocycles. The zero-order valence-corrected chi connectivity index (χ0v) is 17.2. The number of fused-ring (bicyclic) bond motifs is 3. The van der Waals surface area contributed by atoms with Crippen LogP contribution in [0.15, 0.2) is 60.8 Å². The number of carboxylic acid groups (broad SMARTS) is 1. The van der Waals surface area contributed by atoms with Crippen LogP contribution in [-0.4, -0.2) is 46.1 Å². The number of likely N-dealkylation sites (tertiary alicyclic amines) is 1. The van der Waals surface area contributed by atoms with Crippen molar-refractivity contribution in [1.29, 1.82) is 0 Å². The van der Waals surface area contributed by atoms with Gasteiger partial charge in [-0.1, -0.05) is 54.6 Å². The van der Waals surface area contributed by atoms with E-state index in [2.05, 4.69) is 40.7 Å². The molecule has 1 aliphatic carbocycles. The summed E-state index contributed by atoms with van der Waals surface area (Å²) in [6.07, 6.45) is 8.18. The molecular formula is C25H25N3O3. The van der Waals surface area contributed by atoms with E-state index in [-0.39, 0.29) is 17.9 Å². The molecule has 2 amide bonds. The number of nitrogens with zero attached hydrogens (tertiary/aromatic N) is 1. The third kappa shape index (κ3) is 3.48. The highest BCUT2D eigenvalue weighted by Gasteiger charge is 2.39. The lowest BCUT2D eigenvalue weighted by Gasteiger charge is -2.39. The normalized spacial score (nSPS) is 17.6. The average molecular weight is 415 g/mol. The Bertz CT molecular complexity index is 1170.